The number of hydrogen-bond donors (Lipinski definition) is 0. The van der Waals surface area contributed by atoms with Crippen LogP contribution in [0.5, 0.6) is 17.2 Å². The summed E-state index contributed by atoms with van der Waals surface area (Å²) >= 11 is 47.5. The Bertz CT molecular complexity index is 874. The molecule has 0 unspecified atom stereocenters. The van der Waals surface area contributed by atoms with Gasteiger partial charge in [-0.3, -0.25) is 0 Å². The quantitative estimate of drug-likeness (QED) is 0.174. The molecule has 0 aromatic heterocycles. The zero-order valence-corrected chi connectivity index (χ0v) is 20.4. The van der Waals surface area contributed by atoms with E-state index in [0.717, 1.165) is 0 Å². The first-order chi connectivity index (χ1) is 13.7. The first kappa shape index (κ1) is 25.2. The molecule has 2 rings (SSSR count). The molecule has 0 bridgehead atoms. The Labute approximate surface area is 208 Å². The van der Waals surface area contributed by atoms with Gasteiger partial charge < -0.3 is 14.2 Å². The maximum Gasteiger partial charge on any atom is 0.158 e. The molecule has 0 aliphatic carbocycles. The van der Waals surface area contributed by atoms with E-state index in [9.17, 15) is 0 Å². The minimum absolute atomic E-state index is 0.104. The molecule has 0 N–H and O–H groups in total. The normalized spacial score (nSPS) is 10.6. The molecule has 3 nitrogen and oxygen atoms in total. The number of ether oxygens (including phenoxy) is 3. The SMILES string of the molecule is ClC(Cl)=CCOc1cc(Cl)c(OCCCOc2c(Cl)cc(Cl)c(Cl)c2Cl)c(Cl)c1. The summed E-state index contributed by atoms with van der Waals surface area (Å²) in [5.41, 5.74) is 0. The molecule has 11 heteroatoms. The van der Waals surface area contributed by atoms with Crippen molar-refractivity contribution in [2.45, 2.75) is 6.42 Å². The van der Waals surface area contributed by atoms with E-state index in [1.165, 1.54) is 12.1 Å². The van der Waals surface area contributed by atoms with E-state index in [1.807, 2.05) is 0 Å². The molecule has 0 heterocycles. The highest BCUT2D eigenvalue weighted by Crippen LogP contribution is 2.42. The molecule has 0 amide bonds. The summed E-state index contributed by atoms with van der Waals surface area (Å²) in [4.78, 5) is 0. The summed E-state index contributed by atoms with van der Waals surface area (Å²) in [5, 5.41) is 1.42. The second-order valence-corrected chi connectivity index (χ2v) is 8.76. The van der Waals surface area contributed by atoms with Crippen molar-refractivity contribution in [2.75, 3.05) is 19.8 Å². The van der Waals surface area contributed by atoms with E-state index in [-0.39, 0.29) is 50.2 Å². The molecule has 0 aliphatic rings. The fraction of sp³-hybridized carbons (Fsp3) is 0.222. The fourth-order valence-corrected chi connectivity index (χ4v) is 3.76. The van der Waals surface area contributed by atoms with Crippen LogP contribution in [-0.4, -0.2) is 19.8 Å². The van der Waals surface area contributed by atoms with E-state index in [1.54, 1.807) is 12.1 Å². The summed E-state index contributed by atoms with van der Waals surface area (Å²) in [6.45, 7) is 0.715. The highest BCUT2D eigenvalue weighted by Gasteiger charge is 2.15. The highest BCUT2D eigenvalue weighted by atomic mass is 35.5. The van der Waals surface area contributed by atoms with Crippen LogP contribution in [0.4, 0.5) is 0 Å². The fourth-order valence-electron chi connectivity index (χ4n) is 2.05. The molecule has 29 heavy (non-hydrogen) atoms. The van der Waals surface area contributed by atoms with Crippen molar-refractivity contribution < 1.29 is 14.2 Å². The molecule has 0 aliphatic heterocycles. The van der Waals surface area contributed by atoms with Gasteiger partial charge in [0.1, 0.15) is 21.9 Å². The van der Waals surface area contributed by atoms with Gasteiger partial charge in [0.2, 0.25) is 0 Å². The van der Waals surface area contributed by atoms with Gasteiger partial charge in [0.25, 0.3) is 0 Å². The Morgan fingerprint density at radius 1 is 0.690 bits per heavy atom. The van der Waals surface area contributed by atoms with E-state index in [0.29, 0.717) is 28.0 Å². The Kier molecular flexibility index (Phi) is 10.5. The van der Waals surface area contributed by atoms with E-state index in [4.69, 9.17) is 107 Å². The van der Waals surface area contributed by atoms with Crippen LogP contribution in [0.3, 0.4) is 0 Å². The van der Waals surface area contributed by atoms with Crippen LogP contribution < -0.4 is 14.2 Å². The van der Waals surface area contributed by atoms with Gasteiger partial charge in [-0.2, -0.15) is 0 Å². The lowest BCUT2D eigenvalue weighted by molar-refractivity contribution is 0.247. The maximum atomic E-state index is 6.21. The van der Waals surface area contributed by atoms with Crippen molar-refractivity contribution in [2.24, 2.45) is 0 Å². The number of benzene rings is 2. The number of halogens is 8. The number of hydrogen-bond acceptors (Lipinski definition) is 3. The third-order valence-electron chi connectivity index (χ3n) is 3.31. The third-order valence-corrected chi connectivity index (χ3v) is 5.71. The van der Waals surface area contributed by atoms with Crippen LogP contribution in [0.15, 0.2) is 28.8 Å². The second kappa shape index (κ2) is 12.1. The van der Waals surface area contributed by atoms with Crippen LogP contribution in [0.25, 0.3) is 0 Å². The van der Waals surface area contributed by atoms with Crippen LogP contribution >= 0.6 is 92.8 Å². The predicted molar refractivity (Wildman–Crippen MR) is 124 cm³/mol. The second-order valence-electron chi connectivity index (χ2n) is 5.37. The minimum atomic E-state index is 0.104. The first-order valence-corrected chi connectivity index (χ1v) is 10.9. The summed E-state index contributed by atoms with van der Waals surface area (Å²) in [7, 11) is 0. The molecule has 0 saturated heterocycles. The van der Waals surface area contributed by atoms with Crippen molar-refractivity contribution >= 4 is 92.8 Å². The molecular formula is C18H12Cl8O3. The van der Waals surface area contributed by atoms with Gasteiger partial charge in [0, 0.05) is 18.6 Å². The van der Waals surface area contributed by atoms with Gasteiger partial charge in [-0.25, -0.2) is 0 Å². The smallest absolute Gasteiger partial charge is 0.158 e. The third kappa shape index (κ3) is 7.52. The maximum absolute atomic E-state index is 6.21. The van der Waals surface area contributed by atoms with Crippen molar-refractivity contribution in [1.29, 1.82) is 0 Å². The van der Waals surface area contributed by atoms with Crippen molar-refractivity contribution in [3.63, 3.8) is 0 Å². The molecule has 0 atom stereocenters. The van der Waals surface area contributed by atoms with E-state index >= 15 is 0 Å². The Morgan fingerprint density at radius 2 is 1.24 bits per heavy atom. The molecule has 0 radical (unpaired) electrons. The van der Waals surface area contributed by atoms with Gasteiger partial charge in [-0.15, -0.1) is 0 Å². The van der Waals surface area contributed by atoms with Gasteiger partial charge >= 0.3 is 0 Å². The average molecular weight is 560 g/mol. The van der Waals surface area contributed by atoms with E-state index in [2.05, 4.69) is 0 Å². The lowest BCUT2D eigenvalue weighted by Crippen LogP contribution is -2.06. The largest absolute Gasteiger partial charge is 0.490 e. The topological polar surface area (TPSA) is 27.7 Å². The monoisotopic (exact) mass is 556 g/mol. The van der Waals surface area contributed by atoms with Crippen molar-refractivity contribution in [3.8, 4) is 17.2 Å². The van der Waals surface area contributed by atoms with Crippen LogP contribution in [0, 0.1) is 0 Å². The summed E-state index contributed by atoms with van der Waals surface area (Å²) in [5.74, 6) is 1.04. The molecule has 2 aromatic carbocycles. The molecule has 158 valence electrons. The minimum Gasteiger partial charge on any atom is -0.490 e. The Morgan fingerprint density at radius 3 is 1.83 bits per heavy atom. The van der Waals surface area contributed by atoms with Crippen LogP contribution in [0.2, 0.25) is 30.1 Å². The number of rotatable bonds is 9. The Hall–Kier alpha value is -0.100. The zero-order valence-electron chi connectivity index (χ0n) is 14.4. The summed E-state index contributed by atoms with van der Waals surface area (Å²) < 4.78 is 16.8. The summed E-state index contributed by atoms with van der Waals surface area (Å²) in [6, 6.07) is 4.61. The molecule has 0 saturated carbocycles. The van der Waals surface area contributed by atoms with Gasteiger partial charge in [0.15, 0.2) is 11.5 Å². The molecule has 0 spiro atoms. The van der Waals surface area contributed by atoms with Crippen molar-refractivity contribution in [3.05, 3.63) is 58.9 Å². The lowest BCUT2D eigenvalue weighted by Gasteiger charge is -2.14. The predicted octanol–water partition coefficient (Wildman–Crippen LogP) is 9.15. The average Bonchev–Trinajstić information content (AvgIpc) is 2.63. The van der Waals surface area contributed by atoms with Crippen LogP contribution in [0.1, 0.15) is 6.42 Å². The van der Waals surface area contributed by atoms with Gasteiger partial charge in [0.05, 0.1) is 38.3 Å². The van der Waals surface area contributed by atoms with Crippen LogP contribution in [-0.2, 0) is 0 Å². The van der Waals surface area contributed by atoms with E-state index < -0.39 is 0 Å². The molecule has 0 fully saturated rings. The summed E-state index contributed by atoms with van der Waals surface area (Å²) in [6.07, 6.45) is 1.98. The van der Waals surface area contributed by atoms with Gasteiger partial charge in [-0.1, -0.05) is 92.8 Å². The highest BCUT2D eigenvalue weighted by molar-refractivity contribution is 6.55. The molecule has 2 aromatic rings. The Balaban J connectivity index is 1.88. The van der Waals surface area contributed by atoms with Gasteiger partial charge in [-0.05, 0) is 12.1 Å². The first-order valence-electron chi connectivity index (χ1n) is 7.92. The van der Waals surface area contributed by atoms with Crippen molar-refractivity contribution in [1.82, 2.24) is 0 Å². The molecular weight excluding hydrogens is 548 g/mol. The standard InChI is InChI=1S/C18H12Cl8O3/c19-10-8-13(22)18(16(26)15(10)25)29-4-1-3-28-17-11(20)6-9(7-12(17)21)27-5-2-14(23)24/h2,6-8H,1,3-5H2. The lowest BCUT2D eigenvalue weighted by atomic mass is 10.3. The zero-order chi connectivity index (χ0) is 21.6.